The van der Waals surface area contributed by atoms with E-state index in [9.17, 15) is 14.0 Å². The number of hydrogen-bond acceptors (Lipinski definition) is 5. The van der Waals surface area contributed by atoms with Gasteiger partial charge in [0.25, 0.3) is 0 Å². The lowest BCUT2D eigenvalue weighted by Gasteiger charge is -2.32. The molecule has 0 unspecified atom stereocenters. The monoisotopic (exact) mass is 597 g/mol. The highest BCUT2D eigenvalue weighted by Gasteiger charge is 2.38. The Balaban J connectivity index is 1.76. The number of benzene rings is 3. The number of alkyl carbamates (subject to hydrolysis) is 1. The molecule has 0 radical (unpaired) electrons. The van der Waals surface area contributed by atoms with Gasteiger partial charge in [-0.25, -0.2) is 9.18 Å². The van der Waals surface area contributed by atoms with Crippen molar-refractivity contribution in [2.45, 2.75) is 72.1 Å². The van der Waals surface area contributed by atoms with Gasteiger partial charge in [0.15, 0.2) is 0 Å². The summed E-state index contributed by atoms with van der Waals surface area (Å²) >= 11 is 6.07. The minimum atomic E-state index is -1.02. The van der Waals surface area contributed by atoms with Crippen LogP contribution in [0.1, 0.15) is 58.6 Å². The zero-order valence-corrected chi connectivity index (χ0v) is 25.8. The van der Waals surface area contributed by atoms with Crippen LogP contribution in [0.4, 0.5) is 9.18 Å². The Hall–Kier alpha value is -3.42. The van der Waals surface area contributed by atoms with Crippen LogP contribution < -0.4 is 5.32 Å². The van der Waals surface area contributed by atoms with Gasteiger partial charge in [0.2, 0.25) is 0 Å². The molecule has 1 amide bonds. The van der Waals surface area contributed by atoms with Crippen molar-refractivity contribution in [3.8, 4) is 11.1 Å². The highest BCUT2D eigenvalue weighted by molar-refractivity contribution is 6.30. The third kappa shape index (κ3) is 10.4. The van der Waals surface area contributed by atoms with Crippen LogP contribution in [0, 0.1) is 11.2 Å². The number of hydrogen-bond donors (Lipinski definition) is 1. The minimum Gasteiger partial charge on any atom is -0.460 e. The molecule has 226 valence electrons. The van der Waals surface area contributed by atoms with Gasteiger partial charge in [0.1, 0.15) is 18.0 Å². The second-order valence-electron chi connectivity index (χ2n) is 11.7. The molecule has 6 nitrogen and oxygen atoms in total. The molecular weight excluding hydrogens is 557 g/mol. The number of nitrogens with one attached hydrogen (secondary N) is 1. The number of ether oxygens (including phenoxy) is 3. The summed E-state index contributed by atoms with van der Waals surface area (Å²) in [5.74, 6) is -0.745. The molecule has 42 heavy (non-hydrogen) atoms. The summed E-state index contributed by atoms with van der Waals surface area (Å²) in [5, 5.41) is 3.43. The van der Waals surface area contributed by atoms with Crippen LogP contribution in [0.5, 0.6) is 0 Å². The lowest BCUT2D eigenvalue weighted by Crippen LogP contribution is -2.45. The van der Waals surface area contributed by atoms with Crippen LogP contribution in [0.2, 0.25) is 5.02 Å². The number of amides is 1. The first-order valence-corrected chi connectivity index (χ1v) is 14.6. The molecule has 1 N–H and O–H groups in total. The molecule has 0 saturated carbocycles. The van der Waals surface area contributed by atoms with Gasteiger partial charge in [-0.1, -0.05) is 66.2 Å². The normalized spacial score (nSPS) is 13.6. The van der Waals surface area contributed by atoms with E-state index in [1.165, 1.54) is 12.1 Å². The molecule has 0 saturated heterocycles. The first-order valence-electron chi connectivity index (χ1n) is 14.2. The van der Waals surface area contributed by atoms with Gasteiger partial charge >= 0.3 is 12.1 Å². The summed E-state index contributed by atoms with van der Waals surface area (Å²) in [5.41, 5.74) is 1.33. The van der Waals surface area contributed by atoms with Crippen molar-refractivity contribution in [2.24, 2.45) is 5.41 Å². The van der Waals surface area contributed by atoms with E-state index in [0.29, 0.717) is 35.6 Å². The molecule has 2 atom stereocenters. The molecule has 0 aliphatic rings. The van der Waals surface area contributed by atoms with E-state index in [4.69, 9.17) is 25.8 Å². The number of rotatable bonds is 13. The van der Waals surface area contributed by atoms with Crippen LogP contribution in [-0.2, 0) is 32.0 Å². The summed E-state index contributed by atoms with van der Waals surface area (Å²) in [6.07, 6.45) is 0.849. The topological polar surface area (TPSA) is 73.9 Å². The van der Waals surface area contributed by atoms with Crippen LogP contribution in [0.15, 0.2) is 72.8 Å². The molecule has 0 bridgehead atoms. The summed E-state index contributed by atoms with van der Waals surface area (Å²) in [4.78, 5) is 26.2. The van der Waals surface area contributed by atoms with Crippen molar-refractivity contribution in [2.75, 3.05) is 13.2 Å². The summed E-state index contributed by atoms with van der Waals surface area (Å²) < 4.78 is 31.3. The van der Waals surface area contributed by atoms with Crippen molar-refractivity contribution in [3.05, 3.63) is 94.8 Å². The van der Waals surface area contributed by atoms with E-state index in [1.807, 2.05) is 61.5 Å². The third-order valence-corrected chi connectivity index (χ3v) is 6.96. The summed E-state index contributed by atoms with van der Waals surface area (Å²) in [6.45, 7) is 9.78. The molecule has 3 aromatic rings. The Kier molecular flexibility index (Phi) is 11.9. The highest BCUT2D eigenvalue weighted by atomic mass is 35.5. The number of carbonyl (C=O) groups excluding carboxylic acids is 2. The number of aryl methyl sites for hydroxylation is 1. The van der Waals surface area contributed by atoms with Crippen LogP contribution in [0.3, 0.4) is 0 Å². The lowest BCUT2D eigenvalue weighted by atomic mass is 9.82. The van der Waals surface area contributed by atoms with Crippen molar-refractivity contribution in [1.29, 1.82) is 0 Å². The van der Waals surface area contributed by atoms with E-state index >= 15 is 0 Å². The van der Waals surface area contributed by atoms with E-state index in [1.54, 1.807) is 33.8 Å². The average molecular weight is 598 g/mol. The van der Waals surface area contributed by atoms with Gasteiger partial charge in [-0.3, -0.25) is 4.79 Å². The van der Waals surface area contributed by atoms with Crippen LogP contribution in [0.25, 0.3) is 11.1 Å². The second-order valence-corrected chi connectivity index (χ2v) is 12.1. The highest BCUT2D eigenvalue weighted by Crippen LogP contribution is 2.30. The Labute approximate surface area is 253 Å². The predicted octanol–water partition coefficient (Wildman–Crippen LogP) is 8.15. The molecule has 0 spiro atoms. The predicted molar refractivity (Wildman–Crippen MR) is 164 cm³/mol. The van der Waals surface area contributed by atoms with Gasteiger partial charge < -0.3 is 19.5 Å². The fraction of sp³-hybridized carbons (Fsp3) is 0.412. The molecule has 0 aliphatic heterocycles. The quantitative estimate of drug-likeness (QED) is 0.201. The molecule has 8 heteroatoms. The van der Waals surface area contributed by atoms with Crippen LogP contribution >= 0.6 is 11.6 Å². The van der Waals surface area contributed by atoms with E-state index in [2.05, 4.69) is 5.32 Å². The fourth-order valence-electron chi connectivity index (χ4n) is 4.58. The maximum absolute atomic E-state index is 14.4. The zero-order valence-electron chi connectivity index (χ0n) is 25.0. The van der Waals surface area contributed by atoms with Crippen LogP contribution in [-0.4, -0.2) is 36.9 Å². The van der Waals surface area contributed by atoms with Crippen molar-refractivity contribution in [1.82, 2.24) is 5.32 Å². The number of esters is 1. The molecule has 3 aromatic carbocycles. The maximum Gasteiger partial charge on any atom is 0.407 e. The van der Waals surface area contributed by atoms with E-state index in [0.717, 1.165) is 11.1 Å². The van der Waals surface area contributed by atoms with Crippen molar-refractivity contribution >= 4 is 23.7 Å². The number of carbonyl (C=O) groups is 2. The van der Waals surface area contributed by atoms with E-state index in [-0.39, 0.29) is 25.5 Å². The first-order chi connectivity index (χ1) is 19.9. The van der Waals surface area contributed by atoms with Gasteiger partial charge in [-0.05, 0) is 88.8 Å². The smallest absolute Gasteiger partial charge is 0.407 e. The molecular formula is C34H41ClFNO5. The van der Waals surface area contributed by atoms with Gasteiger partial charge in [-0.2, -0.15) is 0 Å². The van der Waals surface area contributed by atoms with Gasteiger partial charge in [0, 0.05) is 23.2 Å². The summed E-state index contributed by atoms with van der Waals surface area (Å²) in [7, 11) is 0. The molecule has 3 rings (SSSR count). The van der Waals surface area contributed by atoms with E-state index < -0.39 is 29.1 Å². The largest absolute Gasteiger partial charge is 0.460 e. The van der Waals surface area contributed by atoms with Gasteiger partial charge in [0.05, 0.1) is 12.0 Å². The summed E-state index contributed by atoms with van der Waals surface area (Å²) in [6, 6.07) is 21.1. The molecule has 0 aromatic heterocycles. The average Bonchev–Trinajstić information content (AvgIpc) is 2.94. The molecule has 0 fully saturated rings. The first kappa shape index (κ1) is 33.1. The second kappa shape index (κ2) is 15.2. The Bertz CT molecular complexity index is 1310. The molecule has 0 heterocycles. The van der Waals surface area contributed by atoms with Crippen molar-refractivity contribution in [3.63, 3.8) is 0 Å². The van der Waals surface area contributed by atoms with Gasteiger partial charge in [-0.15, -0.1) is 0 Å². The standard InChI is InChI=1S/C34H41ClFNO5/c1-6-40-23-34(5,31(38)41-22-25-10-8-7-9-11-25)21-28(37-32(39)42-33(2,3)4)18-14-24-12-15-26(16-13-24)29-20-27(35)17-19-30(29)36/h7-13,15-17,19-20,28H,6,14,18,21-23H2,1-5H3,(H,37,39)/t28-,34+/m1/s1. The lowest BCUT2D eigenvalue weighted by molar-refractivity contribution is -0.161. The third-order valence-electron chi connectivity index (χ3n) is 6.72. The Morgan fingerprint density at radius 1 is 0.952 bits per heavy atom. The molecule has 0 aliphatic carbocycles. The minimum absolute atomic E-state index is 0.142. The maximum atomic E-state index is 14.4. The Morgan fingerprint density at radius 3 is 2.29 bits per heavy atom. The van der Waals surface area contributed by atoms with Crippen molar-refractivity contribution < 1.29 is 28.2 Å². The SMILES string of the molecule is CCOC[C@](C)(C[C@@H](CCc1ccc(-c2cc(Cl)ccc2F)cc1)NC(=O)OC(C)(C)C)C(=O)OCc1ccccc1. The fourth-order valence-corrected chi connectivity index (χ4v) is 4.75. The zero-order chi connectivity index (χ0) is 30.8. The number of halogens is 2. The Morgan fingerprint density at radius 2 is 1.64 bits per heavy atom.